The first-order chi connectivity index (χ1) is 10.6. The fourth-order valence-electron chi connectivity index (χ4n) is 2.67. The highest BCUT2D eigenvalue weighted by Gasteiger charge is 2.25. The predicted octanol–water partition coefficient (Wildman–Crippen LogP) is 1.46. The van der Waals surface area contributed by atoms with E-state index in [2.05, 4.69) is 11.5 Å². The first-order valence-electron chi connectivity index (χ1n) is 7.53. The monoisotopic (exact) mass is 321 g/mol. The second kappa shape index (κ2) is 8.10. The van der Waals surface area contributed by atoms with Crippen molar-refractivity contribution >= 4 is 23.2 Å². The Labute approximate surface area is 135 Å². The minimum absolute atomic E-state index is 0.0400. The van der Waals surface area contributed by atoms with E-state index < -0.39 is 0 Å². The van der Waals surface area contributed by atoms with E-state index in [0.717, 1.165) is 25.9 Å². The minimum Gasteiger partial charge on any atom is -0.369 e. The zero-order valence-corrected chi connectivity index (χ0v) is 13.6. The summed E-state index contributed by atoms with van der Waals surface area (Å²) in [7, 11) is 0. The molecule has 2 heterocycles. The zero-order chi connectivity index (χ0) is 15.9. The van der Waals surface area contributed by atoms with Crippen molar-refractivity contribution in [1.29, 1.82) is 0 Å². The number of amides is 2. The van der Waals surface area contributed by atoms with Crippen LogP contribution in [-0.4, -0.2) is 47.8 Å². The molecule has 22 heavy (non-hydrogen) atoms. The number of nitrogens with two attached hydrogens (primary N) is 1. The number of carbonyl (C=O) groups is 2. The molecule has 0 atom stereocenters. The third kappa shape index (κ3) is 4.68. The molecule has 0 unspecified atom stereocenters. The van der Waals surface area contributed by atoms with Gasteiger partial charge >= 0.3 is 0 Å². The topological polar surface area (TPSA) is 66.6 Å². The number of nitrogens with zero attached hydrogens (tertiary/aromatic N) is 2. The Morgan fingerprint density at radius 3 is 2.73 bits per heavy atom. The van der Waals surface area contributed by atoms with Gasteiger partial charge in [0, 0.05) is 17.3 Å². The largest absolute Gasteiger partial charge is 0.369 e. The molecule has 5 nitrogen and oxygen atoms in total. The Kier molecular flexibility index (Phi) is 6.15. The molecule has 0 aliphatic carbocycles. The average molecular weight is 321 g/mol. The maximum absolute atomic E-state index is 12.5. The highest BCUT2D eigenvalue weighted by Crippen LogP contribution is 2.17. The van der Waals surface area contributed by atoms with Gasteiger partial charge in [-0.15, -0.1) is 17.9 Å². The molecule has 1 aliphatic rings. The molecule has 2 N–H and O–H groups in total. The van der Waals surface area contributed by atoms with Gasteiger partial charge in [-0.2, -0.15) is 0 Å². The van der Waals surface area contributed by atoms with E-state index in [1.165, 1.54) is 4.88 Å². The van der Waals surface area contributed by atoms with E-state index in [1.54, 1.807) is 17.4 Å². The van der Waals surface area contributed by atoms with Crippen molar-refractivity contribution in [1.82, 2.24) is 9.80 Å². The van der Waals surface area contributed by atoms with Gasteiger partial charge in [-0.1, -0.05) is 12.1 Å². The van der Waals surface area contributed by atoms with Gasteiger partial charge in [0.25, 0.3) is 0 Å². The predicted molar refractivity (Wildman–Crippen MR) is 88.3 cm³/mol. The lowest BCUT2D eigenvalue weighted by Crippen LogP contribution is -2.44. The first kappa shape index (κ1) is 16.7. The van der Waals surface area contributed by atoms with Gasteiger partial charge in [0.1, 0.15) is 0 Å². The lowest BCUT2D eigenvalue weighted by molar-refractivity contribution is -0.133. The Morgan fingerprint density at radius 1 is 1.45 bits per heavy atom. The van der Waals surface area contributed by atoms with Gasteiger partial charge in [0.2, 0.25) is 11.8 Å². The molecule has 2 amide bonds. The molecule has 120 valence electrons. The van der Waals surface area contributed by atoms with E-state index in [4.69, 9.17) is 5.73 Å². The molecule has 0 spiro atoms. The van der Waals surface area contributed by atoms with Crippen molar-refractivity contribution in [2.45, 2.75) is 19.4 Å². The van der Waals surface area contributed by atoms with Crippen LogP contribution in [0.5, 0.6) is 0 Å². The fourth-order valence-corrected chi connectivity index (χ4v) is 3.39. The maximum atomic E-state index is 12.5. The molecule has 1 fully saturated rings. The molecular formula is C16H23N3O2S. The lowest BCUT2D eigenvalue weighted by atomic mass is 9.96. The minimum atomic E-state index is -0.225. The number of carbonyl (C=O) groups excluding carboxylic acids is 2. The number of likely N-dealkylation sites (tertiary alicyclic amines) is 1. The summed E-state index contributed by atoms with van der Waals surface area (Å²) in [6.07, 6.45) is 3.24. The van der Waals surface area contributed by atoms with E-state index >= 15 is 0 Å². The molecular weight excluding hydrogens is 298 g/mol. The lowest BCUT2D eigenvalue weighted by Gasteiger charge is -2.31. The number of rotatable bonds is 7. The van der Waals surface area contributed by atoms with Crippen LogP contribution in [0, 0.1) is 5.92 Å². The normalized spacial score (nSPS) is 16.4. The first-order valence-corrected chi connectivity index (χ1v) is 8.41. The summed E-state index contributed by atoms with van der Waals surface area (Å²) in [5, 5.41) is 2.01. The zero-order valence-electron chi connectivity index (χ0n) is 12.7. The van der Waals surface area contributed by atoms with Crippen molar-refractivity contribution in [2.75, 3.05) is 26.2 Å². The van der Waals surface area contributed by atoms with Gasteiger partial charge in [0.15, 0.2) is 0 Å². The number of hydrogen-bond acceptors (Lipinski definition) is 4. The van der Waals surface area contributed by atoms with Gasteiger partial charge in [-0.25, -0.2) is 0 Å². The number of hydrogen-bond donors (Lipinski definition) is 1. The molecule has 0 radical (unpaired) electrons. The van der Waals surface area contributed by atoms with E-state index in [9.17, 15) is 9.59 Å². The van der Waals surface area contributed by atoms with Gasteiger partial charge < -0.3 is 10.6 Å². The van der Waals surface area contributed by atoms with Crippen LogP contribution in [0.3, 0.4) is 0 Å². The summed E-state index contributed by atoms with van der Waals surface area (Å²) < 4.78 is 0. The van der Waals surface area contributed by atoms with Gasteiger partial charge in [0.05, 0.1) is 13.1 Å². The van der Waals surface area contributed by atoms with E-state index in [0.29, 0.717) is 19.6 Å². The summed E-state index contributed by atoms with van der Waals surface area (Å²) in [5.74, 6) is -0.162. The van der Waals surface area contributed by atoms with Crippen LogP contribution >= 0.6 is 11.3 Å². The van der Waals surface area contributed by atoms with Crippen LogP contribution in [0.4, 0.5) is 0 Å². The molecule has 0 bridgehead atoms. The Hall–Kier alpha value is -1.66. The highest BCUT2D eigenvalue weighted by molar-refractivity contribution is 7.09. The fraction of sp³-hybridized carbons (Fsp3) is 0.500. The van der Waals surface area contributed by atoms with Crippen LogP contribution in [0.25, 0.3) is 0 Å². The van der Waals surface area contributed by atoms with Crippen LogP contribution in [0.15, 0.2) is 30.2 Å². The van der Waals surface area contributed by atoms with Crippen LogP contribution < -0.4 is 5.73 Å². The highest BCUT2D eigenvalue weighted by atomic mass is 32.1. The third-order valence-corrected chi connectivity index (χ3v) is 4.84. The molecule has 1 aliphatic heterocycles. The van der Waals surface area contributed by atoms with Crippen molar-refractivity contribution in [3.8, 4) is 0 Å². The number of primary amides is 1. The molecule has 1 saturated heterocycles. The standard InChI is InChI=1S/C16H23N3O2S/c1-2-7-19(11-14-4-3-10-22-14)15(20)12-18-8-5-13(6-9-18)16(17)21/h2-4,10,13H,1,5-9,11-12H2,(H2,17,21). The molecule has 6 heteroatoms. The second-order valence-electron chi connectivity index (χ2n) is 5.60. The van der Waals surface area contributed by atoms with Crippen molar-refractivity contribution < 1.29 is 9.59 Å². The molecule has 2 rings (SSSR count). The van der Waals surface area contributed by atoms with Gasteiger partial charge in [-0.05, 0) is 37.4 Å². The quantitative estimate of drug-likeness (QED) is 0.773. The molecule has 1 aromatic rings. The Balaban J connectivity index is 1.86. The van der Waals surface area contributed by atoms with E-state index in [1.807, 2.05) is 22.4 Å². The van der Waals surface area contributed by atoms with Crippen molar-refractivity contribution in [3.63, 3.8) is 0 Å². The summed E-state index contributed by atoms with van der Waals surface area (Å²) in [6.45, 7) is 6.80. The summed E-state index contributed by atoms with van der Waals surface area (Å²) in [5.41, 5.74) is 5.33. The number of thiophene rings is 1. The number of piperidine rings is 1. The molecule has 1 aromatic heterocycles. The molecule has 0 saturated carbocycles. The van der Waals surface area contributed by atoms with Gasteiger partial charge in [-0.3, -0.25) is 14.5 Å². The second-order valence-corrected chi connectivity index (χ2v) is 6.63. The maximum Gasteiger partial charge on any atom is 0.237 e. The Morgan fingerprint density at radius 2 is 2.18 bits per heavy atom. The van der Waals surface area contributed by atoms with Crippen molar-refractivity contribution in [3.05, 3.63) is 35.0 Å². The average Bonchev–Trinajstić information content (AvgIpc) is 3.00. The van der Waals surface area contributed by atoms with Crippen molar-refractivity contribution in [2.24, 2.45) is 11.7 Å². The molecule has 0 aromatic carbocycles. The summed E-state index contributed by atoms with van der Waals surface area (Å²) in [4.78, 5) is 28.8. The third-order valence-electron chi connectivity index (χ3n) is 3.98. The van der Waals surface area contributed by atoms with Crippen LogP contribution in [0.1, 0.15) is 17.7 Å². The Bertz CT molecular complexity index is 507. The SMILES string of the molecule is C=CCN(Cc1cccs1)C(=O)CN1CCC(C(N)=O)CC1. The summed E-state index contributed by atoms with van der Waals surface area (Å²) in [6, 6.07) is 4.03. The van der Waals surface area contributed by atoms with Crippen LogP contribution in [-0.2, 0) is 16.1 Å². The van der Waals surface area contributed by atoms with E-state index in [-0.39, 0.29) is 17.7 Å². The summed E-state index contributed by atoms with van der Waals surface area (Å²) >= 11 is 1.65. The van der Waals surface area contributed by atoms with Crippen LogP contribution in [0.2, 0.25) is 0 Å². The smallest absolute Gasteiger partial charge is 0.237 e.